The van der Waals surface area contributed by atoms with Gasteiger partial charge in [0.15, 0.2) is 0 Å². The van der Waals surface area contributed by atoms with E-state index in [1.807, 2.05) is 11.3 Å². The molecular weight excluding hydrogens is 733 g/mol. The normalized spacial score (nSPS) is 15.6. The standard InChI is InChI=1S/C56H34N2S/c1-56-44-18-7-4-14-40(44)41-17-10-21-48(54(41)56)57(35-26-29-37-34(32-35)25-28-38-36-13-3-2-12-33(36)24-27-39(37)38)49-31-30-47-53(55(49)56)42-15-5-8-19-45(42)58(47)46-20-11-23-51-52(46)43-16-6-9-22-50(43)59-51/h2-32H,1H3. The number of para-hydroxylation sites is 1. The maximum Gasteiger partial charge on any atom is 0.0555 e. The van der Waals surface area contributed by atoms with Gasteiger partial charge in [0, 0.05) is 47.6 Å². The Labute approximate surface area is 344 Å². The zero-order valence-electron chi connectivity index (χ0n) is 32.2. The van der Waals surface area contributed by atoms with E-state index >= 15 is 0 Å². The molecule has 3 heterocycles. The topological polar surface area (TPSA) is 8.17 Å². The molecule has 0 spiro atoms. The Morgan fingerprint density at radius 1 is 0.407 bits per heavy atom. The maximum atomic E-state index is 2.56. The number of hydrogen-bond acceptors (Lipinski definition) is 2. The molecule has 0 saturated heterocycles. The molecule has 1 aliphatic heterocycles. The fraction of sp³-hybridized carbons (Fsp3) is 0.0357. The van der Waals surface area contributed by atoms with Crippen molar-refractivity contribution in [3.05, 3.63) is 205 Å². The number of aromatic nitrogens is 1. The van der Waals surface area contributed by atoms with Crippen molar-refractivity contribution in [1.82, 2.24) is 4.57 Å². The average molecular weight is 767 g/mol. The van der Waals surface area contributed by atoms with Gasteiger partial charge in [-0.15, -0.1) is 11.3 Å². The molecule has 2 aromatic heterocycles. The highest BCUT2D eigenvalue weighted by molar-refractivity contribution is 7.25. The van der Waals surface area contributed by atoms with Crippen LogP contribution < -0.4 is 4.90 Å². The molecule has 3 heteroatoms. The number of anilines is 3. The van der Waals surface area contributed by atoms with E-state index in [0.717, 1.165) is 0 Å². The van der Waals surface area contributed by atoms with Crippen molar-refractivity contribution in [2.75, 3.05) is 4.90 Å². The lowest BCUT2D eigenvalue weighted by molar-refractivity contribution is 0.709. The van der Waals surface area contributed by atoms with Crippen LogP contribution in [-0.2, 0) is 5.41 Å². The van der Waals surface area contributed by atoms with E-state index in [1.54, 1.807) is 0 Å². The van der Waals surface area contributed by atoms with Gasteiger partial charge >= 0.3 is 0 Å². The van der Waals surface area contributed by atoms with Crippen LogP contribution in [0.4, 0.5) is 17.1 Å². The first-order chi connectivity index (χ1) is 29.2. The predicted octanol–water partition coefficient (Wildman–Crippen LogP) is 15.7. The van der Waals surface area contributed by atoms with E-state index in [1.165, 1.54) is 125 Å². The van der Waals surface area contributed by atoms with Crippen LogP contribution in [0.5, 0.6) is 0 Å². The fourth-order valence-corrected chi connectivity index (χ4v) is 12.5. The summed E-state index contributed by atoms with van der Waals surface area (Å²) in [5.41, 5.74) is 13.7. The molecule has 59 heavy (non-hydrogen) atoms. The molecule has 2 aliphatic rings. The number of thiophene rings is 1. The SMILES string of the molecule is CC12c3ccccc3-c3cccc(c31)N(c1ccc3c(ccc4c5ccccc5ccc34)c1)c1ccc3c(c12)c1ccccc1n3-c1cccc2sc3ccccc3c12. The molecule has 10 aromatic carbocycles. The number of hydrogen-bond donors (Lipinski definition) is 0. The second-order valence-electron chi connectivity index (χ2n) is 16.5. The molecule has 1 atom stereocenters. The second kappa shape index (κ2) is 11.3. The third kappa shape index (κ3) is 3.96. The Morgan fingerprint density at radius 2 is 1.07 bits per heavy atom. The molecule has 274 valence electrons. The Morgan fingerprint density at radius 3 is 1.98 bits per heavy atom. The lowest BCUT2D eigenvalue weighted by Crippen LogP contribution is -2.32. The third-order valence-corrected chi connectivity index (χ3v) is 14.8. The summed E-state index contributed by atoms with van der Waals surface area (Å²) < 4.78 is 5.18. The van der Waals surface area contributed by atoms with Crippen LogP contribution in [0.15, 0.2) is 188 Å². The third-order valence-electron chi connectivity index (χ3n) is 13.7. The highest BCUT2D eigenvalue weighted by atomic mass is 32.1. The van der Waals surface area contributed by atoms with E-state index in [4.69, 9.17) is 0 Å². The smallest absolute Gasteiger partial charge is 0.0555 e. The summed E-state index contributed by atoms with van der Waals surface area (Å²) in [5.74, 6) is 0. The van der Waals surface area contributed by atoms with Crippen LogP contribution in [0.3, 0.4) is 0 Å². The van der Waals surface area contributed by atoms with E-state index in [2.05, 4.69) is 204 Å². The minimum atomic E-state index is -0.391. The summed E-state index contributed by atoms with van der Waals surface area (Å²) in [6.07, 6.45) is 0. The van der Waals surface area contributed by atoms with E-state index < -0.39 is 5.41 Å². The number of fused-ring (bicyclic) bond motifs is 17. The zero-order valence-corrected chi connectivity index (χ0v) is 33.0. The van der Waals surface area contributed by atoms with Crippen molar-refractivity contribution in [2.45, 2.75) is 12.3 Å². The molecular formula is C56H34N2S. The minimum Gasteiger partial charge on any atom is -0.310 e. The van der Waals surface area contributed by atoms with Crippen molar-refractivity contribution < 1.29 is 0 Å². The summed E-state index contributed by atoms with van der Waals surface area (Å²) >= 11 is 1.88. The first-order valence-corrected chi connectivity index (χ1v) is 21.3. The first kappa shape index (κ1) is 31.8. The van der Waals surface area contributed by atoms with Gasteiger partial charge in [0.1, 0.15) is 0 Å². The summed E-state index contributed by atoms with van der Waals surface area (Å²) in [7, 11) is 0. The van der Waals surface area contributed by atoms with Gasteiger partial charge in [-0.1, -0.05) is 133 Å². The van der Waals surface area contributed by atoms with Crippen molar-refractivity contribution in [1.29, 1.82) is 0 Å². The van der Waals surface area contributed by atoms with Crippen LogP contribution in [0, 0.1) is 0 Å². The van der Waals surface area contributed by atoms with E-state index in [-0.39, 0.29) is 0 Å². The van der Waals surface area contributed by atoms with Gasteiger partial charge in [0.2, 0.25) is 0 Å². The summed E-state index contributed by atoms with van der Waals surface area (Å²) in [6.45, 7) is 2.49. The fourth-order valence-electron chi connectivity index (χ4n) is 11.3. The Hall–Kier alpha value is -7.20. The Bertz CT molecular complexity index is 3830. The molecule has 1 aliphatic carbocycles. The van der Waals surface area contributed by atoms with Crippen LogP contribution in [0.1, 0.15) is 23.6 Å². The van der Waals surface area contributed by atoms with Gasteiger partial charge in [-0.2, -0.15) is 0 Å². The van der Waals surface area contributed by atoms with Crippen molar-refractivity contribution in [3.63, 3.8) is 0 Å². The van der Waals surface area contributed by atoms with Gasteiger partial charge in [0.25, 0.3) is 0 Å². The number of benzene rings is 10. The highest BCUT2D eigenvalue weighted by Gasteiger charge is 2.49. The monoisotopic (exact) mass is 766 g/mol. The van der Waals surface area contributed by atoms with Crippen LogP contribution >= 0.6 is 11.3 Å². The zero-order chi connectivity index (χ0) is 38.6. The lowest BCUT2D eigenvalue weighted by atomic mass is 9.69. The summed E-state index contributed by atoms with van der Waals surface area (Å²) in [6, 6.07) is 70.7. The van der Waals surface area contributed by atoms with E-state index in [9.17, 15) is 0 Å². The molecule has 1 unspecified atom stereocenters. The molecule has 0 bridgehead atoms. The van der Waals surface area contributed by atoms with Crippen LogP contribution in [-0.4, -0.2) is 4.57 Å². The molecule has 0 N–H and O–H groups in total. The largest absolute Gasteiger partial charge is 0.310 e. The van der Waals surface area contributed by atoms with Crippen molar-refractivity contribution in [2.24, 2.45) is 0 Å². The van der Waals surface area contributed by atoms with Crippen molar-refractivity contribution >= 4 is 103 Å². The number of rotatable bonds is 2. The second-order valence-corrected chi connectivity index (χ2v) is 17.6. The summed E-state index contributed by atoms with van der Waals surface area (Å²) in [4.78, 5) is 2.56. The first-order valence-electron chi connectivity index (χ1n) is 20.5. The minimum absolute atomic E-state index is 0.391. The Balaban J connectivity index is 1.10. The molecule has 0 radical (unpaired) electrons. The summed E-state index contributed by atoms with van der Waals surface area (Å²) in [5, 5.41) is 12.9. The van der Waals surface area contributed by atoms with Gasteiger partial charge in [-0.25, -0.2) is 0 Å². The Kier molecular flexibility index (Phi) is 6.07. The van der Waals surface area contributed by atoms with Gasteiger partial charge in [-0.05, 0) is 116 Å². The molecule has 2 nitrogen and oxygen atoms in total. The molecule has 14 rings (SSSR count). The van der Waals surface area contributed by atoms with Crippen LogP contribution in [0.2, 0.25) is 0 Å². The number of nitrogens with zero attached hydrogens (tertiary/aromatic N) is 2. The van der Waals surface area contributed by atoms with Gasteiger partial charge < -0.3 is 9.47 Å². The molecule has 12 aromatic rings. The molecule has 0 fully saturated rings. The molecule has 0 saturated carbocycles. The van der Waals surface area contributed by atoms with Crippen molar-refractivity contribution in [3.8, 4) is 16.8 Å². The van der Waals surface area contributed by atoms with Crippen LogP contribution in [0.25, 0.3) is 91.1 Å². The van der Waals surface area contributed by atoms with E-state index in [0.29, 0.717) is 0 Å². The maximum absolute atomic E-state index is 2.56. The predicted molar refractivity (Wildman–Crippen MR) is 252 cm³/mol. The average Bonchev–Trinajstić information content (AvgIpc) is 3.93. The van der Waals surface area contributed by atoms with Gasteiger partial charge in [-0.3, -0.25) is 0 Å². The molecule has 0 amide bonds. The van der Waals surface area contributed by atoms with Gasteiger partial charge in [0.05, 0.1) is 28.1 Å². The lowest BCUT2D eigenvalue weighted by Gasteiger charge is -2.43. The quantitative estimate of drug-likeness (QED) is 0.159. The highest BCUT2D eigenvalue weighted by Crippen LogP contribution is 2.64.